The van der Waals surface area contributed by atoms with Gasteiger partial charge in [0.1, 0.15) is 0 Å². The molecule has 0 unspecified atom stereocenters. The largest absolute Gasteiger partial charge is 0.393 e. The Morgan fingerprint density at radius 3 is 2.19 bits per heavy atom. The fourth-order valence-electron chi connectivity index (χ4n) is 1.37. The van der Waals surface area contributed by atoms with Crippen molar-refractivity contribution in [3.63, 3.8) is 0 Å². The summed E-state index contributed by atoms with van der Waals surface area (Å²) in [6, 6.07) is 0. The van der Waals surface area contributed by atoms with Crippen LogP contribution in [0.1, 0.15) is 34.1 Å². The first-order chi connectivity index (χ1) is 7.08. The van der Waals surface area contributed by atoms with Gasteiger partial charge in [-0.3, -0.25) is 0 Å². The predicted molar refractivity (Wildman–Crippen MR) is 71.9 cm³/mol. The Labute approximate surface area is 104 Å². The minimum absolute atomic E-state index is 0.144. The second-order valence-electron chi connectivity index (χ2n) is 5.02. The van der Waals surface area contributed by atoms with E-state index in [1.54, 1.807) is 0 Å². The number of hydrogen-bond acceptors (Lipinski definition) is 3. The molecule has 2 N–H and O–H groups in total. The van der Waals surface area contributed by atoms with Crippen LogP contribution in [0, 0.1) is 5.41 Å². The lowest BCUT2D eigenvalue weighted by Crippen LogP contribution is -2.38. The molecule has 0 radical (unpaired) electrons. The van der Waals surface area contributed by atoms with Crippen molar-refractivity contribution in [2.24, 2.45) is 11.1 Å². The summed E-state index contributed by atoms with van der Waals surface area (Å²) in [5, 5.41) is 0. The van der Waals surface area contributed by atoms with E-state index in [1.165, 1.54) is 4.31 Å². The molecule has 0 rings (SSSR count). The van der Waals surface area contributed by atoms with E-state index < -0.39 is 10.0 Å². The molecule has 0 aliphatic carbocycles. The SMILES string of the molecule is CCN(CCC(N)=S)S(=O)(=O)CC(C)(C)C. The smallest absolute Gasteiger partial charge is 0.214 e. The van der Waals surface area contributed by atoms with Gasteiger partial charge in [0.05, 0.1) is 10.7 Å². The summed E-state index contributed by atoms with van der Waals surface area (Å²) in [5.41, 5.74) is 5.14. The molecule has 0 aromatic rings. The lowest BCUT2D eigenvalue weighted by molar-refractivity contribution is 0.404. The first-order valence-electron chi connectivity index (χ1n) is 5.34. The summed E-state index contributed by atoms with van der Waals surface area (Å²) in [4.78, 5) is 0.351. The molecule has 0 aliphatic rings. The van der Waals surface area contributed by atoms with Crippen LogP contribution >= 0.6 is 12.2 Å². The van der Waals surface area contributed by atoms with E-state index in [2.05, 4.69) is 0 Å². The summed E-state index contributed by atoms with van der Waals surface area (Å²) in [6.07, 6.45) is 0.437. The normalized spacial score (nSPS) is 13.1. The minimum atomic E-state index is -3.21. The second kappa shape index (κ2) is 5.93. The molecule has 16 heavy (non-hydrogen) atoms. The number of nitrogens with zero attached hydrogens (tertiary/aromatic N) is 1. The van der Waals surface area contributed by atoms with Crippen LogP contribution in [0.25, 0.3) is 0 Å². The monoisotopic (exact) mass is 266 g/mol. The summed E-state index contributed by atoms with van der Waals surface area (Å²) in [5.74, 6) is 0.144. The highest BCUT2D eigenvalue weighted by atomic mass is 32.2. The molecule has 6 heteroatoms. The maximum atomic E-state index is 12.0. The maximum absolute atomic E-state index is 12.0. The quantitative estimate of drug-likeness (QED) is 0.737. The second-order valence-corrected chi connectivity index (χ2v) is 7.52. The van der Waals surface area contributed by atoms with Crippen molar-refractivity contribution in [2.45, 2.75) is 34.1 Å². The molecule has 0 saturated heterocycles. The van der Waals surface area contributed by atoms with Crippen LogP contribution in [0.5, 0.6) is 0 Å². The van der Waals surface area contributed by atoms with Crippen molar-refractivity contribution >= 4 is 27.2 Å². The summed E-state index contributed by atoms with van der Waals surface area (Å²) >= 11 is 4.75. The van der Waals surface area contributed by atoms with Gasteiger partial charge in [-0.2, -0.15) is 0 Å². The van der Waals surface area contributed by atoms with E-state index in [1.807, 2.05) is 27.7 Å². The van der Waals surface area contributed by atoms with Gasteiger partial charge in [-0.05, 0) is 5.41 Å². The van der Waals surface area contributed by atoms with Gasteiger partial charge in [0.25, 0.3) is 0 Å². The molecule has 4 nitrogen and oxygen atoms in total. The molecular weight excluding hydrogens is 244 g/mol. The zero-order valence-corrected chi connectivity index (χ0v) is 12.1. The molecule has 0 aromatic carbocycles. The van der Waals surface area contributed by atoms with E-state index in [9.17, 15) is 8.42 Å². The molecule has 0 aromatic heterocycles. The van der Waals surface area contributed by atoms with E-state index in [0.717, 1.165) is 0 Å². The van der Waals surface area contributed by atoms with Gasteiger partial charge in [0, 0.05) is 19.5 Å². The molecule has 0 bridgehead atoms. The Morgan fingerprint density at radius 2 is 1.88 bits per heavy atom. The van der Waals surface area contributed by atoms with Crippen molar-refractivity contribution in [3.8, 4) is 0 Å². The average molecular weight is 266 g/mol. The Bertz CT molecular complexity index is 331. The van der Waals surface area contributed by atoms with Crippen LogP contribution < -0.4 is 5.73 Å². The van der Waals surface area contributed by atoms with Gasteiger partial charge < -0.3 is 5.73 Å². The number of thiocarbonyl (C=S) groups is 1. The van der Waals surface area contributed by atoms with E-state index in [-0.39, 0.29) is 11.2 Å². The first-order valence-corrected chi connectivity index (χ1v) is 7.36. The molecule has 0 amide bonds. The predicted octanol–water partition coefficient (Wildman–Crippen LogP) is 1.36. The standard InChI is InChI=1S/C10H22N2O2S2/c1-5-12(7-6-9(11)15)16(13,14)8-10(2,3)4/h5-8H2,1-4H3,(H2,11,15). The number of nitrogens with two attached hydrogens (primary N) is 1. The van der Waals surface area contributed by atoms with Crippen molar-refractivity contribution in [1.82, 2.24) is 4.31 Å². The summed E-state index contributed by atoms with van der Waals surface area (Å²) in [6.45, 7) is 8.38. The van der Waals surface area contributed by atoms with Crippen LogP contribution in [0.4, 0.5) is 0 Å². The molecule has 0 atom stereocenters. The minimum Gasteiger partial charge on any atom is -0.393 e. The molecule has 0 aliphatic heterocycles. The van der Waals surface area contributed by atoms with Crippen LogP contribution in [0.15, 0.2) is 0 Å². The first kappa shape index (κ1) is 15.8. The molecule has 0 fully saturated rings. The van der Waals surface area contributed by atoms with Gasteiger partial charge in [-0.1, -0.05) is 39.9 Å². The Kier molecular flexibility index (Phi) is 5.86. The van der Waals surface area contributed by atoms with Gasteiger partial charge in [0.15, 0.2) is 0 Å². The topological polar surface area (TPSA) is 63.4 Å². The number of sulfonamides is 1. The van der Waals surface area contributed by atoms with Crippen molar-refractivity contribution in [2.75, 3.05) is 18.8 Å². The Balaban J connectivity index is 4.62. The van der Waals surface area contributed by atoms with Crippen molar-refractivity contribution < 1.29 is 8.42 Å². The third kappa shape index (κ3) is 6.40. The highest BCUT2D eigenvalue weighted by Crippen LogP contribution is 2.18. The molecule has 0 spiro atoms. The van der Waals surface area contributed by atoms with E-state index in [4.69, 9.17) is 18.0 Å². The highest BCUT2D eigenvalue weighted by Gasteiger charge is 2.26. The third-order valence-electron chi connectivity index (χ3n) is 1.97. The molecule has 0 saturated carbocycles. The molecule has 96 valence electrons. The van der Waals surface area contributed by atoms with Gasteiger partial charge in [-0.25, -0.2) is 12.7 Å². The van der Waals surface area contributed by atoms with Crippen molar-refractivity contribution in [3.05, 3.63) is 0 Å². The van der Waals surface area contributed by atoms with Gasteiger partial charge in [-0.15, -0.1) is 0 Å². The highest BCUT2D eigenvalue weighted by molar-refractivity contribution is 7.89. The third-order valence-corrected chi connectivity index (χ3v) is 4.63. The molecule has 0 heterocycles. The van der Waals surface area contributed by atoms with Crippen LogP contribution in [0.2, 0.25) is 0 Å². The summed E-state index contributed by atoms with van der Waals surface area (Å²) < 4.78 is 25.5. The lowest BCUT2D eigenvalue weighted by Gasteiger charge is -2.25. The average Bonchev–Trinajstić information content (AvgIpc) is 1.98. The van der Waals surface area contributed by atoms with E-state index in [0.29, 0.717) is 24.5 Å². The molecular formula is C10H22N2O2S2. The van der Waals surface area contributed by atoms with Crippen LogP contribution in [0.3, 0.4) is 0 Å². The fraction of sp³-hybridized carbons (Fsp3) is 0.900. The van der Waals surface area contributed by atoms with E-state index >= 15 is 0 Å². The van der Waals surface area contributed by atoms with Crippen molar-refractivity contribution in [1.29, 1.82) is 0 Å². The van der Waals surface area contributed by atoms with Gasteiger partial charge >= 0.3 is 0 Å². The Morgan fingerprint density at radius 1 is 1.38 bits per heavy atom. The van der Waals surface area contributed by atoms with Crippen LogP contribution in [-0.4, -0.2) is 36.6 Å². The lowest BCUT2D eigenvalue weighted by atomic mass is 10.0. The Hall–Kier alpha value is -0.200. The fourth-order valence-corrected chi connectivity index (χ4v) is 3.50. The maximum Gasteiger partial charge on any atom is 0.214 e. The van der Waals surface area contributed by atoms with Crippen LogP contribution in [-0.2, 0) is 10.0 Å². The van der Waals surface area contributed by atoms with Gasteiger partial charge in [0.2, 0.25) is 10.0 Å². The zero-order chi connectivity index (χ0) is 13.0. The summed E-state index contributed by atoms with van der Waals surface area (Å²) in [7, 11) is -3.21. The zero-order valence-electron chi connectivity index (χ0n) is 10.5. The number of hydrogen-bond donors (Lipinski definition) is 1. The number of rotatable bonds is 6.